The Labute approximate surface area is 352 Å². The number of H-pyrrole nitrogens is 1. The molecule has 7 aromatic heterocycles. The highest BCUT2D eigenvalue weighted by molar-refractivity contribution is 6.05. The van der Waals surface area contributed by atoms with Crippen LogP contribution < -0.4 is 22.5 Å². The summed E-state index contributed by atoms with van der Waals surface area (Å²) in [6, 6.07) is 16.0. The van der Waals surface area contributed by atoms with Gasteiger partial charge in [-0.15, -0.1) is 12.4 Å². The summed E-state index contributed by atoms with van der Waals surface area (Å²) in [5, 5.41) is 19.3. The molecule has 0 saturated carbocycles. The molecule has 0 bridgehead atoms. The molecule has 0 fully saturated rings. The van der Waals surface area contributed by atoms with Crippen molar-refractivity contribution in [1.82, 2.24) is 54.8 Å². The molecule has 0 aliphatic carbocycles. The third-order valence-corrected chi connectivity index (χ3v) is 8.90. The van der Waals surface area contributed by atoms with Crippen LogP contribution in [0.3, 0.4) is 0 Å². The van der Waals surface area contributed by atoms with Crippen molar-refractivity contribution < 1.29 is 31.4 Å². The maximum absolute atomic E-state index is 14.3. The van der Waals surface area contributed by atoms with Crippen LogP contribution in [0.15, 0.2) is 113 Å². The Kier molecular flexibility index (Phi) is 12.0. The molecule has 2 aromatic carbocycles. The van der Waals surface area contributed by atoms with Gasteiger partial charge in [-0.25, -0.2) is 37.5 Å². The monoisotopic (exact) mass is 867 g/mol. The van der Waals surface area contributed by atoms with E-state index >= 15 is 0 Å². The number of nitrogen functional groups attached to an aromatic ring is 3. The summed E-state index contributed by atoms with van der Waals surface area (Å²) in [5.74, 6) is -3.61. The van der Waals surface area contributed by atoms with E-state index in [-0.39, 0.29) is 77.2 Å². The number of carbonyl (C=O) groups is 1. The predicted octanol–water partition coefficient (Wildman–Crippen LogP) is 6.39. The number of hydrogen-bond donors (Lipinski definition) is 5. The van der Waals surface area contributed by atoms with Crippen LogP contribution in [0.4, 0.5) is 40.6 Å². The van der Waals surface area contributed by atoms with Crippen LogP contribution in [0.2, 0.25) is 0 Å². The maximum atomic E-state index is 14.3. The van der Waals surface area contributed by atoms with E-state index in [1.807, 2.05) is 0 Å². The molecule has 0 radical (unpaired) electrons. The number of nitrogens with two attached hydrogens (primary N) is 3. The first-order valence-electron chi connectivity index (χ1n) is 17.8. The van der Waals surface area contributed by atoms with Crippen molar-refractivity contribution in [1.29, 1.82) is 0 Å². The van der Waals surface area contributed by atoms with E-state index in [9.17, 15) is 22.4 Å². The Hall–Kier alpha value is -8.40. The van der Waals surface area contributed by atoms with Crippen molar-refractivity contribution in [2.75, 3.05) is 22.5 Å². The number of amides is 1. The van der Waals surface area contributed by atoms with Gasteiger partial charge in [0, 0.05) is 35.7 Å². The Balaban J connectivity index is 0.000000188. The fourth-order valence-corrected chi connectivity index (χ4v) is 5.86. The molecule has 23 heteroatoms. The van der Waals surface area contributed by atoms with Crippen molar-refractivity contribution in [3.05, 3.63) is 144 Å². The molecule has 0 saturated heterocycles. The smallest absolute Gasteiger partial charge is 0.257 e. The normalized spacial score (nSPS) is 10.8. The number of benzene rings is 2. The van der Waals surface area contributed by atoms with Gasteiger partial charge in [0.2, 0.25) is 0 Å². The van der Waals surface area contributed by atoms with Gasteiger partial charge < -0.3 is 36.5 Å². The molecule has 9 rings (SSSR count). The van der Waals surface area contributed by atoms with Crippen LogP contribution in [0, 0.1) is 23.3 Å². The number of aromatic nitrogens is 11. The highest BCUT2D eigenvalue weighted by atomic mass is 35.5. The zero-order chi connectivity index (χ0) is 42.6. The maximum Gasteiger partial charge on any atom is 0.257 e. The molecule has 18 nitrogen and oxygen atoms in total. The van der Waals surface area contributed by atoms with Gasteiger partial charge in [0.1, 0.15) is 41.0 Å². The van der Waals surface area contributed by atoms with Gasteiger partial charge in [0.25, 0.3) is 5.91 Å². The number of nitrogens with zero attached hydrogens (tertiary/aromatic N) is 10. The number of halogens is 5. The lowest BCUT2D eigenvalue weighted by molar-refractivity contribution is 0.102. The standard InChI is InChI=1S/C22H16F2N8O2.C17H13F2N7O.ClH/c23-14-3-1-2-13(19(14)24)11-32-18(15-5-7-34-31-15)8-16(30-32)21-27-10-17(20(25)29-21)28-22(33)12-4-6-26-9-12;18-10-3-1-2-9(15(10)19)8-26-14(12-4-5-27-25-12)6-13(24-26)17-22-7-11(20)16(21)23-17;/h1-10,26H,11H2,(H,28,33)(H2,25,27,29);1-7H,8,20H2,(H2,21,22,23);1H. The first-order chi connectivity index (χ1) is 29.5. The van der Waals surface area contributed by atoms with Crippen LogP contribution in [0.5, 0.6) is 0 Å². The molecule has 9 aromatic rings. The van der Waals surface area contributed by atoms with Crippen LogP contribution in [-0.2, 0) is 13.1 Å². The highest BCUT2D eigenvalue weighted by Gasteiger charge is 2.21. The van der Waals surface area contributed by atoms with Crippen LogP contribution in [-0.4, -0.2) is 60.7 Å². The Bertz CT molecular complexity index is 2980. The van der Waals surface area contributed by atoms with E-state index < -0.39 is 23.3 Å². The van der Waals surface area contributed by atoms with E-state index in [1.54, 1.807) is 42.7 Å². The van der Waals surface area contributed by atoms with E-state index in [0.717, 1.165) is 12.1 Å². The molecule has 0 aliphatic rings. The van der Waals surface area contributed by atoms with E-state index in [2.05, 4.69) is 50.7 Å². The SMILES string of the molecule is Cl.Nc1cnc(-c2cc(-c3ccon3)n(Cc3cccc(F)c3F)n2)nc1N.Nc1nc(-c2cc(-c3ccon3)n(Cc3cccc(F)c3F)n2)ncc1NC(=O)c1cc[nH]c1. The highest BCUT2D eigenvalue weighted by Crippen LogP contribution is 2.28. The summed E-state index contributed by atoms with van der Waals surface area (Å²) in [6.07, 6.45) is 8.68. The van der Waals surface area contributed by atoms with Crippen LogP contribution in [0.1, 0.15) is 21.5 Å². The number of nitrogens with one attached hydrogen (secondary N) is 2. The largest absolute Gasteiger partial charge is 0.394 e. The Morgan fingerprint density at radius 1 is 0.694 bits per heavy atom. The van der Waals surface area contributed by atoms with E-state index in [4.69, 9.17) is 26.2 Å². The first-order valence-corrected chi connectivity index (χ1v) is 17.8. The third-order valence-electron chi connectivity index (χ3n) is 8.90. The number of hydrogen-bond acceptors (Lipinski definition) is 14. The molecular formula is C39H30ClF4N15O3. The van der Waals surface area contributed by atoms with Crippen LogP contribution >= 0.6 is 12.4 Å². The molecule has 62 heavy (non-hydrogen) atoms. The summed E-state index contributed by atoms with van der Waals surface area (Å²) in [5.41, 5.74) is 21.1. The van der Waals surface area contributed by atoms with Crippen molar-refractivity contribution >= 4 is 41.3 Å². The fraction of sp³-hybridized carbons (Fsp3) is 0.0513. The van der Waals surface area contributed by atoms with Gasteiger partial charge in [0.15, 0.2) is 46.6 Å². The first kappa shape index (κ1) is 41.7. The van der Waals surface area contributed by atoms with Crippen LogP contribution in [0.25, 0.3) is 45.8 Å². The fourth-order valence-electron chi connectivity index (χ4n) is 5.86. The number of anilines is 4. The second kappa shape index (κ2) is 17.8. The van der Waals surface area contributed by atoms with Gasteiger partial charge >= 0.3 is 0 Å². The van der Waals surface area contributed by atoms with Gasteiger partial charge in [-0.2, -0.15) is 10.2 Å². The minimum Gasteiger partial charge on any atom is -0.394 e. The van der Waals surface area contributed by atoms with Crippen molar-refractivity contribution in [3.8, 4) is 45.8 Å². The molecule has 0 atom stereocenters. The zero-order valence-corrected chi connectivity index (χ0v) is 32.4. The average molecular weight is 868 g/mol. The molecular weight excluding hydrogens is 838 g/mol. The van der Waals surface area contributed by atoms with Gasteiger partial charge in [-0.3, -0.25) is 14.2 Å². The molecule has 0 aliphatic heterocycles. The molecule has 7 heterocycles. The van der Waals surface area contributed by atoms with E-state index in [1.165, 1.54) is 58.5 Å². The Morgan fingerprint density at radius 2 is 1.23 bits per heavy atom. The van der Waals surface area contributed by atoms with Gasteiger partial charge in [-0.05, 0) is 30.3 Å². The van der Waals surface area contributed by atoms with E-state index in [0.29, 0.717) is 39.7 Å². The van der Waals surface area contributed by atoms with Gasteiger partial charge in [-0.1, -0.05) is 34.6 Å². The minimum absolute atomic E-state index is 0. The molecule has 314 valence electrons. The quantitative estimate of drug-likeness (QED) is 0.0933. The Morgan fingerprint density at radius 3 is 1.69 bits per heavy atom. The summed E-state index contributed by atoms with van der Waals surface area (Å²) in [4.78, 5) is 31.8. The average Bonchev–Trinajstić information content (AvgIpc) is 4.11. The summed E-state index contributed by atoms with van der Waals surface area (Å²) in [6.45, 7) is -0.109. The van der Waals surface area contributed by atoms with Crippen molar-refractivity contribution in [2.45, 2.75) is 13.1 Å². The predicted molar refractivity (Wildman–Crippen MR) is 218 cm³/mol. The third kappa shape index (κ3) is 8.79. The second-order valence-electron chi connectivity index (χ2n) is 12.9. The topological polar surface area (TPSA) is 262 Å². The van der Waals surface area contributed by atoms with Gasteiger partial charge in [0.05, 0.1) is 48.1 Å². The lowest BCUT2D eigenvalue weighted by atomic mass is 10.2. The number of aromatic amines is 1. The summed E-state index contributed by atoms with van der Waals surface area (Å²) >= 11 is 0. The molecule has 1 amide bonds. The summed E-state index contributed by atoms with van der Waals surface area (Å²) in [7, 11) is 0. The lowest BCUT2D eigenvalue weighted by Gasteiger charge is -2.08. The molecule has 0 spiro atoms. The summed E-state index contributed by atoms with van der Waals surface area (Å²) < 4.78 is 68.3. The number of carbonyl (C=O) groups excluding carboxylic acids is 1. The number of rotatable bonds is 10. The lowest BCUT2D eigenvalue weighted by Crippen LogP contribution is -2.13. The zero-order valence-electron chi connectivity index (χ0n) is 31.6. The molecule has 8 N–H and O–H groups in total. The second-order valence-corrected chi connectivity index (χ2v) is 12.9. The molecule has 0 unspecified atom stereocenters. The minimum atomic E-state index is -0.964. The van der Waals surface area contributed by atoms with Crippen molar-refractivity contribution in [3.63, 3.8) is 0 Å². The van der Waals surface area contributed by atoms with Crippen molar-refractivity contribution in [2.24, 2.45) is 0 Å².